The van der Waals surface area contributed by atoms with Crippen LogP contribution in [0.5, 0.6) is 0 Å². The molecular weight excluding hydrogens is 218 g/mol. The number of amides is 1. The maximum absolute atomic E-state index is 12.1. The van der Waals surface area contributed by atoms with Crippen molar-refractivity contribution in [3.05, 3.63) is 22.6 Å². The molecule has 0 unspecified atom stereocenters. The Bertz CT molecular complexity index is 344. The van der Waals surface area contributed by atoms with Crippen molar-refractivity contribution in [2.75, 3.05) is 18.8 Å². The predicted octanol–water partition coefficient (Wildman–Crippen LogP) is 2.82. The Labute approximate surface area is 102 Å². The van der Waals surface area contributed by atoms with Gasteiger partial charge < -0.3 is 4.90 Å². The van der Waals surface area contributed by atoms with Crippen LogP contribution >= 0.6 is 11.8 Å². The van der Waals surface area contributed by atoms with Gasteiger partial charge in [-0.25, -0.2) is 0 Å². The molecule has 0 aromatic heterocycles. The number of nitrogens with zero attached hydrogens (tertiary/aromatic N) is 1. The first-order valence-corrected chi connectivity index (χ1v) is 6.98. The predicted molar refractivity (Wildman–Crippen MR) is 69.3 cm³/mol. The third-order valence-corrected chi connectivity index (χ3v) is 4.28. The van der Waals surface area contributed by atoms with Crippen LogP contribution in [0, 0.1) is 5.92 Å². The van der Waals surface area contributed by atoms with E-state index in [1.807, 2.05) is 4.90 Å². The Kier molecular flexibility index (Phi) is 3.74. The van der Waals surface area contributed by atoms with Gasteiger partial charge in [0.2, 0.25) is 0 Å². The Morgan fingerprint density at radius 2 is 2.25 bits per heavy atom. The van der Waals surface area contributed by atoms with Crippen LogP contribution in [0.1, 0.15) is 26.7 Å². The molecule has 0 aromatic carbocycles. The first-order chi connectivity index (χ1) is 7.68. The van der Waals surface area contributed by atoms with E-state index in [-0.39, 0.29) is 5.91 Å². The van der Waals surface area contributed by atoms with Crippen molar-refractivity contribution in [1.29, 1.82) is 0 Å². The molecule has 0 spiro atoms. The second kappa shape index (κ2) is 5.09. The van der Waals surface area contributed by atoms with Gasteiger partial charge in [0.25, 0.3) is 5.91 Å². The van der Waals surface area contributed by atoms with E-state index in [1.54, 1.807) is 11.8 Å². The van der Waals surface area contributed by atoms with E-state index in [9.17, 15) is 4.79 Å². The van der Waals surface area contributed by atoms with Gasteiger partial charge in [0.1, 0.15) is 0 Å². The number of rotatable bonds is 2. The van der Waals surface area contributed by atoms with Crippen molar-refractivity contribution < 1.29 is 4.79 Å². The number of allylic oxidation sites excluding steroid dienone is 1. The van der Waals surface area contributed by atoms with Crippen LogP contribution in [-0.4, -0.2) is 29.6 Å². The number of hydrogen-bond donors (Lipinski definition) is 0. The lowest BCUT2D eigenvalue weighted by Crippen LogP contribution is -2.35. The Morgan fingerprint density at radius 1 is 1.44 bits per heavy atom. The maximum Gasteiger partial charge on any atom is 0.260 e. The fourth-order valence-corrected chi connectivity index (χ4v) is 3.06. The van der Waals surface area contributed by atoms with Gasteiger partial charge in [-0.3, -0.25) is 4.79 Å². The third-order valence-electron chi connectivity index (χ3n) is 3.19. The zero-order chi connectivity index (χ0) is 11.5. The molecule has 0 radical (unpaired) electrons. The molecule has 0 saturated heterocycles. The molecule has 0 N–H and O–H groups in total. The van der Waals surface area contributed by atoms with Crippen LogP contribution in [0.3, 0.4) is 0 Å². The summed E-state index contributed by atoms with van der Waals surface area (Å²) in [5, 5.41) is 0. The summed E-state index contributed by atoms with van der Waals surface area (Å²) < 4.78 is 0. The largest absolute Gasteiger partial charge is 0.334 e. The molecule has 0 fully saturated rings. The van der Waals surface area contributed by atoms with E-state index < -0.39 is 0 Å². The maximum atomic E-state index is 12.1. The van der Waals surface area contributed by atoms with Crippen LogP contribution < -0.4 is 0 Å². The van der Waals surface area contributed by atoms with E-state index in [1.165, 1.54) is 5.57 Å². The zero-order valence-electron chi connectivity index (χ0n) is 10.0. The summed E-state index contributed by atoms with van der Waals surface area (Å²) in [6.45, 7) is 6.13. The van der Waals surface area contributed by atoms with Crippen molar-refractivity contribution in [3.8, 4) is 0 Å². The normalized spacial score (nSPS) is 21.1. The molecule has 88 valence electrons. The molecule has 0 bridgehead atoms. The average Bonchev–Trinajstić information content (AvgIpc) is 2.81. The number of hydrogen-bond acceptors (Lipinski definition) is 2. The first-order valence-electron chi connectivity index (χ1n) is 5.99. The fraction of sp³-hybridized carbons (Fsp3) is 0.615. The summed E-state index contributed by atoms with van der Waals surface area (Å²) in [5.41, 5.74) is 1.50. The number of carbonyl (C=O) groups excluding carboxylic acids is 1. The van der Waals surface area contributed by atoms with Crippen LogP contribution in [0.15, 0.2) is 22.6 Å². The average molecular weight is 237 g/mol. The van der Waals surface area contributed by atoms with Crippen LogP contribution in [0.4, 0.5) is 0 Å². The monoisotopic (exact) mass is 237 g/mol. The van der Waals surface area contributed by atoms with E-state index in [4.69, 9.17) is 0 Å². The van der Waals surface area contributed by atoms with Gasteiger partial charge in [0.15, 0.2) is 0 Å². The summed E-state index contributed by atoms with van der Waals surface area (Å²) >= 11 is 1.70. The molecule has 2 aliphatic rings. The summed E-state index contributed by atoms with van der Waals surface area (Å²) in [6, 6.07) is 0. The summed E-state index contributed by atoms with van der Waals surface area (Å²) in [4.78, 5) is 15.0. The lowest BCUT2D eigenvalue weighted by atomic mass is 9.97. The molecule has 0 saturated carbocycles. The lowest BCUT2D eigenvalue weighted by Gasteiger charge is -2.28. The second-order valence-corrected chi connectivity index (χ2v) is 5.78. The third kappa shape index (κ3) is 2.51. The topological polar surface area (TPSA) is 20.3 Å². The van der Waals surface area contributed by atoms with Gasteiger partial charge in [-0.2, -0.15) is 0 Å². The van der Waals surface area contributed by atoms with Gasteiger partial charge in [-0.15, -0.1) is 11.8 Å². The number of carbonyl (C=O) groups is 1. The molecule has 2 aliphatic heterocycles. The highest BCUT2D eigenvalue weighted by Crippen LogP contribution is 2.28. The highest BCUT2D eigenvalue weighted by Gasteiger charge is 2.22. The fourth-order valence-electron chi connectivity index (χ4n) is 2.12. The Balaban J connectivity index is 1.96. The molecule has 2 heterocycles. The van der Waals surface area contributed by atoms with Gasteiger partial charge in [-0.1, -0.05) is 31.6 Å². The molecule has 0 atom stereocenters. The minimum absolute atomic E-state index is 0.238. The summed E-state index contributed by atoms with van der Waals surface area (Å²) in [7, 11) is 0. The van der Waals surface area contributed by atoms with Crippen molar-refractivity contribution in [2.45, 2.75) is 26.7 Å². The SMILES string of the molecule is CC(C)C1=CCN(C(=O)C2=CCCS2)CC1. The lowest BCUT2D eigenvalue weighted by molar-refractivity contribution is -0.126. The quantitative estimate of drug-likeness (QED) is 0.688. The number of thioether (sulfide) groups is 1. The first kappa shape index (κ1) is 11.8. The molecular formula is C13H19NOS. The van der Waals surface area contributed by atoms with Gasteiger partial charge in [0.05, 0.1) is 4.91 Å². The van der Waals surface area contributed by atoms with Gasteiger partial charge in [0, 0.05) is 18.8 Å². The highest BCUT2D eigenvalue weighted by atomic mass is 32.2. The summed E-state index contributed by atoms with van der Waals surface area (Å²) in [5.74, 6) is 1.93. The van der Waals surface area contributed by atoms with E-state index in [2.05, 4.69) is 26.0 Å². The molecule has 16 heavy (non-hydrogen) atoms. The van der Waals surface area contributed by atoms with E-state index in [0.29, 0.717) is 5.92 Å². The minimum Gasteiger partial charge on any atom is -0.334 e. The van der Waals surface area contributed by atoms with Crippen molar-refractivity contribution >= 4 is 17.7 Å². The smallest absolute Gasteiger partial charge is 0.260 e. The van der Waals surface area contributed by atoms with Gasteiger partial charge in [-0.05, 0) is 18.8 Å². The molecule has 0 aliphatic carbocycles. The van der Waals surface area contributed by atoms with Crippen molar-refractivity contribution in [3.63, 3.8) is 0 Å². The van der Waals surface area contributed by atoms with Crippen molar-refractivity contribution in [1.82, 2.24) is 4.90 Å². The Morgan fingerprint density at radius 3 is 2.75 bits per heavy atom. The molecule has 0 aromatic rings. The van der Waals surface area contributed by atoms with Crippen molar-refractivity contribution in [2.24, 2.45) is 5.92 Å². The highest BCUT2D eigenvalue weighted by molar-refractivity contribution is 8.04. The van der Waals surface area contributed by atoms with Gasteiger partial charge >= 0.3 is 0 Å². The van der Waals surface area contributed by atoms with E-state index >= 15 is 0 Å². The summed E-state index contributed by atoms with van der Waals surface area (Å²) in [6.07, 6.45) is 6.40. The second-order valence-electron chi connectivity index (χ2n) is 4.64. The molecule has 2 nitrogen and oxygen atoms in total. The van der Waals surface area contributed by atoms with E-state index in [0.717, 1.165) is 36.6 Å². The Hall–Kier alpha value is -0.700. The van der Waals surface area contributed by atoms with Crippen LogP contribution in [-0.2, 0) is 4.79 Å². The minimum atomic E-state index is 0.238. The molecule has 1 amide bonds. The van der Waals surface area contributed by atoms with Crippen LogP contribution in [0.25, 0.3) is 0 Å². The molecule has 3 heteroatoms. The zero-order valence-corrected chi connectivity index (χ0v) is 10.8. The molecule has 2 rings (SSSR count). The van der Waals surface area contributed by atoms with Crippen LogP contribution in [0.2, 0.25) is 0 Å². The standard InChI is InChI=1S/C13H19NOS/c1-10(2)11-5-7-14(8-6-11)13(15)12-4-3-9-16-12/h4-5,10H,3,6-9H2,1-2H3.